The van der Waals surface area contributed by atoms with Crippen LogP contribution in [0, 0.1) is 0 Å². The van der Waals surface area contributed by atoms with Crippen molar-refractivity contribution in [1.82, 2.24) is 0 Å². The third kappa shape index (κ3) is 1.51. The van der Waals surface area contributed by atoms with E-state index in [1.54, 1.807) is 0 Å². The molecule has 2 heteroatoms. The number of rotatable bonds is 1. The van der Waals surface area contributed by atoms with Gasteiger partial charge in [0.05, 0.1) is 0 Å². The highest BCUT2D eigenvalue weighted by molar-refractivity contribution is 14.1. The lowest BCUT2D eigenvalue weighted by molar-refractivity contribution is 1.77. The van der Waals surface area contributed by atoms with Gasteiger partial charge < -0.3 is 0 Å². The molecule has 0 amide bonds. The largest absolute Gasteiger partial charge is 0.237 e. The van der Waals surface area contributed by atoms with Crippen molar-refractivity contribution in [3.05, 3.63) is 30.3 Å². The third-order valence-electron chi connectivity index (χ3n) is 0.926. The second-order valence-corrected chi connectivity index (χ2v) is 2.14. The summed E-state index contributed by atoms with van der Waals surface area (Å²) in [6.07, 6.45) is 0. The first-order valence-corrected chi connectivity index (χ1v) is 3.66. The van der Waals surface area contributed by atoms with Gasteiger partial charge in [-0.3, -0.25) is 0 Å². The molecule has 0 spiro atoms. The lowest BCUT2D eigenvalue weighted by Gasteiger charge is -1.87. The molecule has 0 bridgehead atoms. The summed E-state index contributed by atoms with van der Waals surface area (Å²) in [7, 11) is 0. The van der Waals surface area contributed by atoms with Gasteiger partial charge in [-0.2, -0.15) is 22.4 Å². The molecule has 0 fully saturated rings. The predicted molar refractivity (Wildman–Crippen MR) is 45.9 cm³/mol. The van der Waals surface area contributed by atoms with Gasteiger partial charge in [-0.05, 0) is 0 Å². The van der Waals surface area contributed by atoms with Gasteiger partial charge in [-0.25, -0.2) is 0 Å². The van der Waals surface area contributed by atoms with Crippen molar-refractivity contribution >= 4 is 33.0 Å². The first-order chi connectivity index (χ1) is 3.93. The van der Waals surface area contributed by atoms with Crippen LogP contribution in [0.4, 0.5) is 0 Å². The molecule has 8 heavy (non-hydrogen) atoms. The molecule has 1 aromatic rings. The number of halogens is 1. The number of benzene rings is 1. The standard InChI is InChI=1S/C6H5BI/c8-7-6-4-2-1-3-5-6/h1-5H. The number of hydrogen-bond acceptors (Lipinski definition) is 0. The van der Waals surface area contributed by atoms with Crippen LogP contribution in [0.3, 0.4) is 0 Å². The zero-order chi connectivity index (χ0) is 5.82. The van der Waals surface area contributed by atoms with Gasteiger partial charge in [0.2, 0.25) is 5.14 Å². The molecule has 0 aliphatic heterocycles. The van der Waals surface area contributed by atoms with Crippen LogP contribution in [0.25, 0.3) is 0 Å². The van der Waals surface area contributed by atoms with Crippen molar-refractivity contribution in [1.29, 1.82) is 0 Å². The average Bonchev–Trinajstić information content (AvgIpc) is 1.90. The Morgan fingerprint density at radius 2 is 1.75 bits per heavy atom. The molecule has 1 radical (unpaired) electrons. The highest BCUT2D eigenvalue weighted by Crippen LogP contribution is 1.83. The zero-order valence-corrected chi connectivity index (χ0v) is 6.50. The van der Waals surface area contributed by atoms with E-state index in [4.69, 9.17) is 0 Å². The Kier molecular flexibility index (Phi) is 2.40. The summed E-state index contributed by atoms with van der Waals surface area (Å²) < 4.78 is 0. The van der Waals surface area contributed by atoms with Crippen LogP contribution in [0.15, 0.2) is 30.3 Å². The molecule has 0 aliphatic rings. The summed E-state index contributed by atoms with van der Waals surface area (Å²) in [4.78, 5) is 0. The van der Waals surface area contributed by atoms with Crippen LogP contribution in [-0.2, 0) is 0 Å². The smallest absolute Gasteiger partial charge is 0.151 e. The van der Waals surface area contributed by atoms with Crippen molar-refractivity contribution in [2.75, 3.05) is 0 Å². The van der Waals surface area contributed by atoms with E-state index in [-0.39, 0.29) is 0 Å². The Balaban J connectivity index is 2.83. The molecule has 0 nitrogen and oxygen atoms in total. The Hall–Kier alpha value is 0.0149. The van der Waals surface area contributed by atoms with Crippen LogP contribution >= 0.6 is 22.4 Å². The van der Waals surface area contributed by atoms with E-state index in [0.717, 1.165) is 0 Å². The summed E-state index contributed by atoms with van der Waals surface area (Å²) >= 11 is 2.23. The zero-order valence-electron chi connectivity index (χ0n) is 4.34. The van der Waals surface area contributed by atoms with Crippen LogP contribution in [-0.4, -0.2) is 5.14 Å². The molecule has 0 aliphatic carbocycles. The topological polar surface area (TPSA) is 0 Å². The fourth-order valence-corrected chi connectivity index (χ4v) is 0.941. The molecule has 0 heterocycles. The number of hydrogen-bond donors (Lipinski definition) is 0. The van der Waals surface area contributed by atoms with E-state index >= 15 is 0 Å². The predicted octanol–water partition coefficient (Wildman–Crippen LogP) is 1.37. The second-order valence-electron chi connectivity index (χ2n) is 1.52. The van der Waals surface area contributed by atoms with Crippen molar-refractivity contribution in [3.63, 3.8) is 0 Å². The average molecular weight is 215 g/mol. The fraction of sp³-hybridized carbons (Fsp3) is 0. The van der Waals surface area contributed by atoms with Crippen molar-refractivity contribution < 1.29 is 0 Å². The highest BCUT2D eigenvalue weighted by Gasteiger charge is 1.84. The quantitative estimate of drug-likeness (QED) is 0.490. The van der Waals surface area contributed by atoms with Gasteiger partial charge in [0.1, 0.15) is 0 Å². The minimum atomic E-state index is 1.27. The molecule has 39 valence electrons. The molecule has 0 aromatic heterocycles. The maximum absolute atomic E-state index is 2.23. The van der Waals surface area contributed by atoms with Crippen LogP contribution in [0.5, 0.6) is 0 Å². The van der Waals surface area contributed by atoms with E-state index in [0.29, 0.717) is 0 Å². The summed E-state index contributed by atoms with van der Waals surface area (Å²) in [5, 5.41) is 2.05. The fourth-order valence-electron chi connectivity index (χ4n) is 0.526. The minimum Gasteiger partial charge on any atom is -0.151 e. The van der Waals surface area contributed by atoms with Gasteiger partial charge in [0.15, 0.2) is 0 Å². The van der Waals surface area contributed by atoms with Crippen LogP contribution in [0.2, 0.25) is 0 Å². The first kappa shape index (κ1) is 6.14. The Labute approximate surface area is 63.4 Å². The molecular weight excluding hydrogens is 210 g/mol. The molecule has 1 aromatic carbocycles. The summed E-state index contributed by atoms with van der Waals surface area (Å²) in [5.74, 6) is 0. The van der Waals surface area contributed by atoms with Gasteiger partial charge in [0.25, 0.3) is 0 Å². The van der Waals surface area contributed by atoms with Gasteiger partial charge in [-0.1, -0.05) is 35.8 Å². The van der Waals surface area contributed by atoms with E-state index in [2.05, 4.69) is 39.6 Å². The Bertz CT molecular complexity index is 150. The summed E-state index contributed by atoms with van der Waals surface area (Å²) in [6.45, 7) is 0. The van der Waals surface area contributed by atoms with Crippen LogP contribution < -0.4 is 5.46 Å². The lowest BCUT2D eigenvalue weighted by Crippen LogP contribution is -2.04. The molecule has 0 saturated heterocycles. The van der Waals surface area contributed by atoms with Gasteiger partial charge >= 0.3 is 0 Å². The monoisotopic (exact) mass is 215 g/mol. The maximum Gasteiger partial charge on any atom is 0.237 e. The molecule has 1 rings (SSSR count). The normalized spacial score (nSPS) is 8.62. The third-order valence-corrected chi connectivity index (χ3v) is 1.64. The molecule has 0 atom stereocenters. The van der Waals surface area contributed by atoms with Crippen molar-refractivity contribution in [2.45, 2.75) is 0 Å². The summed E-state index contributed by atoms with van der Waals surface area (Å²) in [5.41, 5.74) is 1.27. The summed E-state index contributed by atoms with van der Waals surface area (Å²) in [6, 6.07) is 10.2. The highest BCUT2D eigenvalue weighted by atomic mass is 127. The van der Waals surface area contributed by atoms with E-state index in [9.17, 15) is 0 Å². The van der Waals surface area contributed by atoms with Crippen molar-refractivity contribution in [3.8, 4) is 0 Å². The van der Waals surface area contributed by atoms with E-state index in [1.807, 2.05) is 18.2 Å². The molecular formula is C6H5BI. The van der Waals surface area contributed by atoms with Gasteiger partial charge in [-0.15, -0.1) is 0 Å². The molecule has 0 saturated carbocycles. The molecule has 0 N–H and O–H groups in total. The Morgan fingerprint density at radius 1 is 1.12 bits per heavy atom. The molecule has 0 unspecified atom stereocenters. The Morgan fingerprint density at radius 3 is 2.12 bits per heavy atom. The van der Waals surface area contributed by atoms with Crippen LogP contribution in [0.1, 0.15) is 0 Å². The first-order valence-electron chi connectivity index (χ1n) is 2.42. The van der Waals surface area contributed by atoms with E-state index < -0.39 is 0 Å². The van der Waals surface area contributed by atoms with Crippen molar-refractivity contribution in [2.24, 2.45) is 0 Å². The van der Waals surface area contributed by atoms with Gasteiger partial charge in [0, 0.05) is 0 Å². The van der Waals surface area contributed by atoms with E-state index in [1.165, 1.54) is 5.46 Å². The maximum atomic E-state index is 2.23. The SMILES string of the molecule is I[B]c1ccccc1. The lowest BCUT2D eigenvalue weighted by atomic mass is 9.97. The minimum absolute atomic E-state index is 1.27. The second kappa shape index (κ2) is 3.12.